The van der Waals surface area contributed by atoms with Crippen LogP contribution in [0.2, 0.25) is 0 Å². The van der Waals surface area contributed by atoms with Crippen LogP contribution in [0.5, 0.6) is 0 Å². The highest BCUT2D eigenvalue weighted by Gasteiger charge is 2.33. The van der Waals surface area contributed by atoms with Crippen molar-refractivity contribution in [3.05, 3.63) is 0 Å². The van der Waals surface area contributed by atoms with Crippen LogP contribution < -0.4 is 0 Å². The summed E-state index contributed by atoms with van der Waals surface area (Å²) in [5, 5.41) is 8.90. The van der Waals surface area contributed by atoms with Crippen LogP contribution in [-0.2, 0) is 0 Å². The highest BCUT2D eigenvalue weighted by atomic mass is 35.5. The number of carbonyl (C=O) groups is 1. The molecule has 2 heterocycles. The summed E-state index contributed by atoms with van der Waals surface area (Å²) < 4.78 is 0. The van der Waals surface area contributed by atoms with Crippen LogP contribution in [0.25, 0.3) is 0 Å². The number of hydrogen-bond donors (Lipinski definition) is 1. The van der Waals surface area contributed by atoms with Gasteiger partial charge in [0.15, 0.2) is 0 Å². The van der Waals surface area contributed by atoms with E-state index in [-0.39, 0.29) is 18.4 Å². The lowest BCUT2D eigenvalue weighted by atomic mass is 9.86. The van der Waals surface area contributed by atoms with Gasteiger partial charge in [-0.15, -0.1) is 12.4 Å². The lowest BCUT2D eigenvalue weighted by molar-refractivity contribution is 0.0505. The summed E-state index contributed by atoms with van der Waals surface area (Å²) in [5.41, 5.74) is 0. The van der Waals surface area contributed by atoms with Gasteiger partial charge in [0.1, 0.15) is 0 Å². The molecule has 2 bridgehead atoms. The van der Waals surface area contributed by atoms with Gasteiger partial charge in [-0.2, -0.15) is 0 Å². The number of amides is 1. The molecular formula is C10H19ClN2O2. The first-order chi connectivity index (χ1) is 6.66. The van der Waals surface area contributed by atoms with Gasteiger partial charge in [0.2, 0.25) is 0 Å². The molecule has 2 saturated heterocycles. The van der Waals surface area contributed by atoms with Gasteiger partial charge >= 0.3 is 6.09 Å². The molecule has 0 aromatic carbocycles. The fraction of sp³-hybridized carbons (Fsp3) is 0.900. The molecule has 3 unspecified atom stereocenters. The molecule has 2 aliphatic heterocycles. The number of rotatable bonds is 1. The third-order valence-corrected chi connectivity index (χ3v) is 3.53. The van der Waals surface area contributed by atoms with Crippen molar-refractivity contribution in [2.45, 2.75) is 25.3 Å². The highest BCUT2D eigenvalue weighted by molar-refractivity contribution is 5.85. The minimum absolute atomic E-state index is 0. The Hall–Kier alpha value is -0.480. The number of likely N-dealkylation sites (N-methyl/N-ethyl adjacent to an activating group) is 1. The van der Waals surface area contributed by atoms with E-state index in [9.17, 15) is 4.79 Å². The van der Waals surface area contributed by atoms with E-state index >= 15 is 0 Å². The molecule has 0 aliphatic carbocycles. The Bertz CT molecular complexity index is 225. The van der Waals surface area contributed by atoms with Crippen LogP contribution >= 0.6 is 12.4 Å². The molecule has 2 rings (SSSR count). The van der Waals surface area contributed by atoms with Crippen molar-refractivity contribution >= 4 is 18.5 Å². The third kappa shape index (κ3) is 2.75. The molecule has 0 aromatic rings. The van der Waals surface area contributed by atoms with Crippen molar-refractivity contribution in [3.8, 4) is 0 Å². The van der Waals surface area contributed by atoms with E-state index < -0.39 is 6.09 Å². The summed E-state index contributed by atoms with van der Waals surface area (Å²) in [5.74, 6) is 0.726. The largest absolute Gasteiger partial charge is 0.465 e. The third-order valence-electron chi connectivity index (χ3n) is 3.53. The molecule has 2 fully saturated rings. The zero-order valence-corrected chi connectivity index (χ0v) is 9.87. The van der Waals surface area contributed by atoms with Gasteiger partial charge in [-0.25, -0.2) is 4.79 Å². The summed E-state index contributed by atoms with van der Waals surface area (Å²) >= 11 is 0. The molecule has 15 heavy (non-hydrogen) atoms. The minimum Gasteiger partial charge on any atom is -0.465 e. The van der Waals surface area contributed by atoms with Crippen molar-refractivity contribution in [2.24, 2.45) is 5.92 Å². The topological polar surface area (TPSA) is 43.8 Å². The van der Waals surface area contributed by atoms with Gasteiger partial charge in [-0.05, 0) is 31.7 Å². The lowest BCUT2D eigenvalue weighted by Gasteiger charge is -2.43. The van der Waals surface area contributed by atoms with E-state index in [2.05, 4.69) is 4.90 Å². The fourth-order valence-corrected chi connectivity index (χ4v) is 2.70. The van der Waals surface area contributed by atoms with E-state index in [0.29, 0.717) is 0 Å². The zero-order chi connectivity index (χ0) is 10.1. The van der Waals surface area contributed by atoms with E-state index in [1.54, 1.807) is 7.05 Å². The van der Waals surface area contributed by atoms with Gasteiger partial charge in [0, 0.05) is 26.2 Å². The Balaban J connectivity index is 0.00000112. The standard InChI is InChI=1S/C10H18N2O2.ClH/c1-11(10(13)14)9-5-8-3-2-4-12(6-8)7-9;/h8-9H,2-7H2,1H3,(H,13,14);1H. The maximum atomic E-state index is 10.8. The molecule has 0 spiro atoms. The van der Waals surface area contributed by atoms with Crippen molar-refractivity contribution in [1.29, 1.82) is 0 Å². The molecule has 3 atom stereocenters. The normalized spacial score (nSPS) is 34.1. The van der Waals surface area contributed by atoms with Crippen molar-refractivity contribution in [3.63, 3.8) is 0 Å². The molecule has 1 N–H and O–H groups in total. The van der Waals surface area contributed by atoms with Gasteiger partial charge in [-0.1, -0.05) is 0 Å². The maximum absolute atomic E-state index is 10.8. The molecule has 1 amide bonds. The lowest BCUT2D eigenvalue weighted by Crippen LogP contribution is -2.53. The van der Waals surface area contributed by atoms with Crippen molar-refractivity contribution in [1.82, 2.24) is 9.80 Å². The summed E-state index contributed by atoms with van der Waals surface area (Å²) in [6.45, 7) is 3.27. The quantitative estimate of drug-likeness (QED) is 0.748. The molecule has 0 aromatic heterocycles. The number of hydrogen-bond acceptors (Lipinski definition) is 2. The summed E-state index contributed by atoms with van der Waals surface area (Å²) in [7, 11) is 1.69. The van der Waals surface area contributed by atoms with Crippen LogP contribution in [0.1, 0.15) is 19.3 Å². The summed E-state index contributed by atoms with van der Waals surface area (Å²) in [6.07, 6.45) is 2.82. The van der Waals surface area contributed by atoms with Gasteiger partial charge in [0.25, 0.3) is 0 Å². The second kappa shape index (κ2) is 5.03. The van der Waals surface area contributed by atoms with Crippen molar-refractivity contribution < 1.29 is 9.90 Å². The Morgan fingerprint density at radius 1 is 1.47 bits per heavy atom. The van der Waals surface area contributed by atoms with Crippen LogP contribution in [0, 0.1) is 5.92 Å². The van der Waals surface area contributed by atoms with E-state index in [4.69, 9.17) is 5.11 Å². The summed E-state index contributed by atoms with van der Waals surface area (Å²) in [6, 6.07) is 0.214. The minimum atomic E-state index is -0.795. The average Bonchev–Trinajstić information content (AvgIpc) is 2.15. The maximum Gasteiger partial charge on any atom is 0.407 e. The van der Waals surface area contributed by atoms with E-state index in [1.165, 1.54) is 24.3 Å². The average molecular weight is 235 g/mol. The number of nitrogens with zero attached hydrogens (tertiary/aromatic N) is 2. The Morgan fingerprint density at radius 2 is 2.20 bits per heavy atom. The van der Waals surface area contributed by atoms with Crippen molar-refractivity contribution in [2.75, 3.05) is 26.7 Å². The summed E-state index contributed by atoms with van der Waals surface area (Å²) in [4.78, 5) is 14.7. The number of halogens is 1. The second-order valence-corrected chi connectivity index (χ2v) is 4.55. The second-order valence-electron chi connectivity index (χ2n) is 4.55. The Kier molecular flexibility index (Phi) is 4.22. The monoisotopic (exact) mass is 234 g/mol. The molecule has 2 aliphatic rings. The molecule has 0 saturated carbocycles. The molecule has 88 valence electrons. The predicted molar refractivity (Wildman–Crippen MR) is 60.6 cm³/mol. The first-order valence-corrected chi connectivity index (χ1v) is 5.35. The fourth-order valence-electron chi connectivity index (χ4n) is 2.70. The van der Waals surface area contributed by atoms with Crippen LogP contribution in [0.15, 0.2) is 0 Å². The van der Waals surface area contributed by atoms with Crippen LogP contribution in [0.3, 0.4) is 0 Å². The molecular weight excluding hydrogens is 216 g/mol. The van der Waals surface area contributed by atoms with Gasteiger partial charge in [0.05, 0.1) is 0 Å². The number of fused-ring (bicyclic) bond motifs is 2. The van der Waals surface area contributed by atoms with Gasteiger partial charge < -0.3 is 14.9 Å². The molecule has 5 heteroatoms. The molecule has 0 radical (unpaired) electrons. The number of carboxylic acid groups (broad SMARTS) is 1. The first-order valence-electron chi connectivity index (χ1n) is 5.35. The van der Waals surface area contributed by atoms with Crippen LogP contribution in [-0.4, -0.2) is 53.7 Å². The SMILES string of the molecule is CN(C(=O)O)C1CC2CCCN(C2)C1.Cl. The van der Waals surface area contributed by atoms with Crippen LogP contribution in [0.4, 0.5) is 4.79 Å². The Morgan fingerprint density at radius 3 is 2.80 bits per heavy atom. The van der Waals surface area contributed by atoms with Gasteiger partial charge in [-0.3, -0.25) is 0 Å². The Labute approximate surface area is 96.6 Å². The molecule has 4 nitrogen and oxygen atoms in total. The predicted octanol–water partition coefficient (Wildman–Crippen LogP) is 1.50. The number of piperidine rings is 2. The first kappa shape index (κ1) is 12.6. The van der Waals surface area contributed by atoms with E-state index in [1.807, 2.05) is 0 Å². The smallest absolute Gasteiger partial charge is 0.407 e. The zero-order valence-electron chi connectivity index (χ0n) is 9.06. The van der Waals surface area contributed by atoms with E-state index in [0.717, 1.165) is 25.4 Å². The highest BCUT2D eigenvalue weighted by Crippen LogP contribution is 2.28.